The Hall–Kier alpha value is -2.98. The number of amides is 1. The van der Waals surface area contributed by atoms with Crippen molar-refractivity contribution in [2.75, 3.05) is 19.7 Å². The minimum Gasteiger partial charge on any atom is -0.504 e. The molecule has 1 heterocycles. The number of piperidine rings is 1. The first-order chi connectivity index (χ1) is 14.2. The van der Waals surface area contributed by atoms with Crippen molar-refractivity contribution < 1.29 is 33.3 Å². The first-order valence-electron chi connectivity index (χ1n) is 9.51. The average Bonchev–Trinajstić information content (AvgIpc) is 2.72. The molecule has 0 bridgehead atoms. The maximum Gasteiger partial charge on any atom is 0.251 e. The van der Waals surface area contributed by atoms with Gasteiger partial charge in [-0.25, -0.2) is 8.42 Å². The number of carbonyl (C=O) groups is 1. The third kappa shape index (κ3) is 4.60. The number of ether oxygens (including phenoxy) is 1. The van der Waals surface area contributed by atoms with Crippen molar-refractivity contribution in [3.05, 3.63) is 42.0 Å². The fourth-order valence-corrected chi connectivity index (χ4v) is 4.74. The topological polar surface area (TPSA) is 136 Å². The van der Waals surface area contributed by atoms with E-state index in [1.165, 1.54) is 16.4 Å². The zero-order valence-electron chi connectivity index (χ0n) is 16.4. The summed E-state index contributed by atoms with van der Waals surface area (Å²) in [4.78, 5) is 12.5. The number of rotatable bonds is 6. The molecule has 2 aromatic rings. The Kier molecular flexibility index (Phi) is 6.37. The van der Waals surface area contributed by atoms with E-state index in [1.807, 2.05) is 6.92 Å². The molecule has 0 radical (unpaired) electrons. The monoisotopic (exact) mass is 436 g/mol. The number of phenolic OH excluding ortho intramolecular Hbond substituents is 3. The quantitative estimate of drug-likeness (QED) is 0.507. The van der Waals surface area contributed by atoms with E-state index in [1.54, 1.807) is 12.1 Å². The lowest BCUT2D eigenvalue weighted by atomic mass is 10.1. The van der Waals surface area contributed by atoms with Crippen LogP contribution in [0.15, 0.2) is 41.3 Å². The average molecular weight is 436 g/mol. The highest BCUT2D eigenvalue weighted by Gasteiger charge is 2.30. The van der Waals surface area contributed by atoms with Crippen LogP contribution in [-0.4, -0.2) is 59.7 Å². The number of hydrogen-bond acceptors (Lipinski definition) is 7. The number of nitrogens with zero attached hydrogens (tertiary/aromatic N) is 1. The van der Waals surface area contributed by atoms with E-state index in [0.29, 0.717) is 25.2 Å². The van der Waals surface area contributed by atoms with Gasteiger partial charge in [-0.3, -0.25) is 4.79 Å². The third-order valence-corrected chi connectivity index (χ3v) is 6.81. The molecule has 0 unspecified atom stereocenters. The molecule has 0 spiro atoms. The van der Waals surface area contributed by atoms with E-state index < -0.39 is 33.2 Å². The molecule has 162 valence electrons. The number of nitrogens with one attached hydrogen (secondary N) is 1. The second kappa shape index (κ2) is 8.80. The third-order valence-electron chi connectivity index (χ3n) is 4.89. The van der Waals surface area contributed by atoms with Gasteiger partial charge in [-0.2, -0.15) is 4.31 Å². The summed E-state index contributed by atoms with van der Waals surface area (Å²) in [6.07, 6.45) is 0.829. The second-order valence-electron chi connectivity index (χ2n) is 6.92. The van der Waals surface area contributed by atoms with Gasteiger partial charge in [0.25, 0.3) is 5.91 Å². The summed E-state index contributed by atoms with van der Waals surface area (Å²) >= 11 is 0. The highest BCUT2D eigenvalue weighted by atomic mass is 32.2. The lowest BCUT2D eigenvalue weighted by molar-refractivity contribution is 0.0923. The van der Waals surface area contributed by atoms with Crippen LogP contribution in [0.2, 0.25) is 0 Å². The van der Waals surface area contributed by atoms with Crippen LogP contribution in [0.25, 0.3) is 0 Å². The van der Waals surface area contributed by atoms with Crippen molar-refractivity contribution in [3.8, 4) is 23.0 Å². The lowest BCUT2D eigenvalue weighted by Crippen LogP contribution is -2.46. The molecule has 1 amide bonds. The number of carbonyl (C=O) groups excluding carboxylic acids is 1. The van der Waals surface area contributed by atoms with Crippen molar-refractivity contribution in [3.63, 3.8) is 0 Å². The molecule has 2 aromatic carbocycles. The molecule has 0 saturated carbocycles. The molecule has 1 aliphatic heterocycles. The van der Waals surface area contributed by atoms with Gasteiger partial charge in [0.15, 0.2) is 17.2 Å². The Morgan fingerprint density at radius 2 is 1.67 bits per heavy atom. The predicted molar refractivity (Wildman–Crippen MR) is 108 cm³/mol. The van der Waals surface area contributed by atoms with E-state index in [2.05, 4.69) is 5.32 Å². The van der Waals surface area contributed by atoms with Gasteiger partial charge in [-0.1, -0.05) is 0 Å². The van der Waals surface area contributed by atoms with Crippen molar-refractivity contribution in [2.45, 2.75) is 30.7 Å². The van der Waals surface area contributed by atoms with Crippen LogP contribution in [0.5, 0.6) is 23.0 Å². The molecule has 0 atom stereocenters. The molecule has 4 N–H and O–H groups in total. The predicted octanol–water partition coefficient (Wildman–Crippen LogP) is 1.79. The number of phenols is 3. The van der Waals surface area contributed by atoms with Crippen LogP contribution in [0.1, 0.15) is 30.1 Å². The fourth-order valence-electron chi connectivity index (χ4n) is 3.27. The largest absolute Gasteiger partial charge is 0.504 e. The normalized spacial score (nSPS) is 15.6. The first-order valence-corrected chi connectivity index (χ1v) is 10.9. The number of benzene rings is 2. The van der Waals surface area contributed by atoms with E-state index >= 15 is 0 Å². The van der Waals surface area contributed by atoms with Crippen LogP contribution in [-0.2, 0) is 10.0 Å². The standard InChI is InChI=1S/C20H24N2O7S/c1-2-29-15-3-5-16(6-4-15)30(27,28)22-9-7-14(8-10-22)21-20(26)13-11-17(23)19(25)18(24)12-13/h3-6,11-12,14,23-25H,2,7-10H2,1H3,(H,21,26). The SMILES string of the molecule is CCOc1ccc(S(=O)(=O)N2CCC(NC(=O)c3cc(O)c(O)c(O)c3)CC2)cc1. The molecule has 30 heavy (non-hydrogen) atoms. The molecule has 1 fully saturated rings. The van der Waals surface area contributed by atoms with E-state index in [4.69, 9.17) is 4.74 Å². The summed E-state index contributed by atoms with van der Waals surface area (Å²) in [7, 11) is -3.64. The minimum absolute atomic E-state index is 0.00719. The van der Waals surface area contributed by atoms with Crippen LogP contribution in [0.4, 0.5) is 0 Å². The minimum atomic E-state index is -3.64. The van der Waals surface area contributed by atoms with Crippen molar-refractivity contribution in [1.29, 1.82) is 0 Å². The number of sulfonamides is 1. The summed E-state index contributed by atoms with van der Waals surface area (Å²) in [5.74, 6) is -1.83. The molecule has 3 rings (SSSR count). The summed E-state index contributed by atoms with van der Waals surface area (Å²) in [5.41, 5.74) is -0.00719. The van der Waals surface area contributed by atoms with Gasteiger partial charge in [0.1, 0.15) is 5.75 Å². The Balaban J connectivity index is 1.60. The molecule has 0 aliphatic carbocycles. The molecular formula is C20H24N2O7S. The van der Waals surface area contributed by atoms with Gasteiger partial charge < -0.3 is 25.4 Å². The Labute approximate surface area is 174 Å². The summed E-state index contributed by atoms with van der Waals surface area (Å²) in [6, 6.07) is 8.10. The summed E-state index contributed by atoms with van der Waals surface area (Å²) < 4.78 is 32.4. The first kappa shape index (κ1) is 21.7. The van der Waals surface area contributed by atoms with Crippen molar-refractivity contribution >= 4 is 15.9 Å². The molecule has 9 nitrogen and oxygen atoms in total. The smallest absolute Gasteiger partial charge is 0.251 e. The van der Waals surface area contributed by atoms with Gasteiger partial charge in [0.2, 0.25) is 10.0 Å². The van der Waals surface area contributed by atoms with E-state index in [0.717, 1.165) is 12.1 Å². The Morgan fingerprint density at radius 1 is 1.10 bits per heavy atom. The summed E-state index contributed by atoms with van der Waals surface area (Å²) in [6.45, 7) is 2.83. The maximum absolute atomic E-state index is 12.8. The highest BCUT2D eigenvalue weighted by molar-refractivity contribution is 7.89. The molecular weight excluding hydrogens is 412 g/mol. The number of hydrogen-bond donors (Lipinski definition) is 4. The second-order valence-corrected chi connectivity index (χ2v) is 8.86. The van der Waals surface area contributed by atoms with E-state index in [-0.39, 0.29) is 29.6 Å². The van der Waals surface area contributed by atoms with Gasteiger partial charge >= 0.3 is 0 Å². The zero-order valence-corrected chi connectivity index (χ0v) is 17.2. The van der Waals surface area contributed by atoms with Gasteiger partial charge in [0, 0.05) is 24.7 Å². The maximum atomic E-state index is 12.8. The molecule has 0 aromatic heterocycles. The summed E-state index contributed by atoms with van der Waals surface area (Å²) in [5, 5.41) is 31.2. The Morgan fingerprint density at radius 3 is 2.20 bits per heavy atom. The lowest BCUT2D eigenvalue weighted by Gasteiger charge is -2.31. The van der Waals surface area contributed by atoms with Gasteiger partial charge in [-0.05, 0) is 56.2 Å². The fraction of sp³-hybridized carbons (Fsp3) is 0.350. The van der Waals surface area contributed by atoms with Crippen molar-refractivity contribution in [2.24, 2.45) is 0 Å². The van der Waals surface area contributed by atoms with E-state index in [9.17, 15) is 28.5 Å². The van der Waals surface area contributed by atoms with Gasteiger partial charge in [0.05, 0.1) is 11.5 Å². The van der Waals surface area contributed by atoms with Crippen LogP contribution < -0.4 is 10.1 Å². The number of aromatic hydroxyl groups is 3. The van der Waals surface area contributed by atoms with Crippen LogP contribution >= 0.6 is 0 Å². The Bertz CT molecular complexity index is 991. The van der Waals surface area contributed by atoms with Crippen LogP contribution in [0, 0.1) is 0 Å². The molecule has 1 saturated heterocycles. The molecule has 1 aliphatic rings. The van der Waals surface area contributed by atoms with Gasteiger partial charge in [-0.15, -0.1) is 0 Å². The van der Waals surface area contributed by atoms with Crippen LogP contribution in [0.3, 0.4) is 0 Å². The molecule has 10 heteroatoms. The van der Waals surface area contributed by atoms with Crippen molar-refractivity contribution in [1.82, 2.24) is 9.62 Å². The zero-order chi connectivity index (χ0) is 21.9. The highest BCUT2D eigenvalue weighted by Crippen LogP contribution is 2.35.